The second kappa shape index (κ2) is 9.20. The Balaban J connectivity index is 1.23. The zero-order chi connectivity index (χ0) is 21.8. The van der Waals surface area contributed by atoms with Gasteiger partial charge in [-0.25, -0.2) is 4.39 Å². The number of nitrogens with zero attached hydrogens (tertiary/aromatic N) is 2. The lowest BCUT2D eigenvalue weighted by Crippen LogP contribution is -2.49. The number of amides is 2. The van der Waals surface area contributed by atoms with Crippen LogP contribution < -0.4 is 10.2 Å². The molecule has 0 aliphatic carbocycles. The number of H-pyrrole nitrogens is 1. The van der Waals surface area contributed by atoms with Gasteiger partial charge in [0.15, 0.2) is 0 Å². The van der Waals surface area contributed by atoms with Crippen LogP contribution in [0.1, 0.15) is 17.7 Å². The number of anilines is 1. The van der Waals surface area contributed by atoms with Gasteiger partial charge in [-0.05, 0) is 42.8 Å². The molecule has 0 spiro atoms. The number of carbonyl (C=O) groups is 2. The molecule has 0 bridgehead atoms. The van der Waals surface area contributed by atoms with E-state index in [1.807, 2.05) is 30.0 Å². The first kappa shape index (κ1) is 20.9. The standard InChI is InChI=1S/C24H27FN4O2/c1-17-20(21-15-18(25)7-8-22(21)27-17)16-23(30)26-10-9-24(31)29-13-11-28(12-14-29)19-5-3-2-4-6-19/h2-8,15,27H,9-14,16H2,1H3,(H,26,30). The third-order valence-electron chi connectivity index (χ3n) is 5.83. The van der Waals surface area contributed by atoms with E-state index in [2.05, 4.69) is 27.3 Å². The summed E-state index contributed by atoms with van der Waals surface area (Å²) in [4.78, 5) is 32.2. The third kappa shape index (κ3) is 4.87. The van der Waals surface area contributed by atoms with Crippen molar-refractivity contribution in [3.05, 3.63) is 65.6 Å². The number of aryl methyl sites for hydroxylation is 1. The van der Waals surface area contributed by atoms with Crippen molar-refractivity contribution in [3.8, 4) is 0 Å². The number of para-hydroxylation sites is 1. The Kier molecular flexibility index (Phi) is 6.21. The van der Waals surface area contributed by atoms with Gasteiger partial charge in [-0.1, -0.05) is 18.2 Å². The minimum Gasteiger partial charge on any atom is -0.368 e. The van der Waals surface area contributed by atoms with E-state index in [4.69, 9.17) is 0 Å². The van der Waals surface area contributed by atoms with Crippen LogP contribution >= 0.6 is 0 Å². The predicted octanol–water partition coefficient (Wildman–Crippen LogP) is 3.01. The molecule has 0 unspecified atom stereocenters. The van der Waals surface area contributed by atoms with Crippen LogP contribution in [-0.2, 0) is 16.0 Å². The number of aromatic amines is 1. The molecule has 2 heterocycles. The summed E-state index contributed by atoms with van der Waals surface area (Å²) >= 11 is 0. The van der Waals surface area contributed by atoms with Gasteiger partial charge in [0.05, 0.1) is 6.42 Å². The first-order valence-electron chi connectivity index (χ1n) is 10.6. The summed E-state index contributed by atoms with van der Waals surface area (Å²) in [7, 11) is 0. The van der Waals surface area contributed by atoms with Crippen LogP contribution in [-0.4, -0.2) is 54.4 Å². The molecule has 3 aromatic rings. The number of nitrogens with one attached hydrogen (secondary N) is 2. The molecule has 0 atom stereocenters. The molecule has 2 aromatic carbocycles. The minimum absolute atomic E-state index is 0.0540. The van der Waals surface area contributed by atoms with Gasteiger partial charge in [-0.15, -0.1) is 0 Å². The van der Waals surface area contributed by atoms with Crippen molar-refractivity contribution in [2.45, 2.75) is 19.8 Å². The van der Waals surface area contributed by atoms with Gasteiger partial charge in [0.1, 0.15) is 5.82 Å². The monoisotopic (exact) mass is 422 g/mol. The Labute approximate surface area is 181 Å². The van der Waals surface area contributed by atoms with Crippen molar-refractivity contribution >= 4 is 28.4 Å². The number of aromatic nitrogens is 1. The van der Waals surface area contributed by atoms with Gasteiger partial charge in [-0.3, -0.25) is 9.59 Å². The summed E-state index contributed by atoms with van der Waals surface area (Å²) in [6.45, 7) is 5.14. The quantitative estimate of drug-likeness (QED) is 0.642. The molecule has 0 saturated carbocycles. The second-order valence-corrected chi connectivity index (χ2v) is 7.90. The van der Waals surface area contributed by atoms with Crippen molar-refractivity contribution in [1.29, 1.82) is 0 Å². The number of carbonyl (C=O) groups excluding carboxylic acids is 2. The molecular weight excluding hydrogens is 395 g/mol. The first-order valence-corrected chi connectivity index (χ1v) is 10.6. The smallest absolute Gasteiger partial charge is 0.224 e. The molecule has 6 nitrogen and oxygen atoms in total. The van der Waals surface area contributed by atoms with E-state index in [-0.39, 0.29) is 30.5 Å². The molecule has 0 radical (unpaired) electrons. The average molecular weight is 423 g/mol. The lowest BCUT2D eigenvalue weighted by Gasteiger charge is -2.36. The maximum absolute atomic E-state index is 13.6. The van der Waals surface area contributed by atoms with Gasteiger partial charge < -0.3 is 20.1 Å². The Morgan fingerprint density at radius 1 is 1.06 bits per heavy atom. The number of benzene rings is 2. The van der Waals surface area contributed by atoms with E-state index >= 15 is 0 Å². The highest BCUT2D eigenvalue weighted by atomic mass is 19.1. The number of hydrogen-bond acceptors (Lipinski definition) is 3. The number of fused-ring (bicyclic) bond motifs is 1. The molecule has 2 N–H and O–H groups in total. The fourth-order valence-electron chi connectivity index (χ4n) is 4.13. The molecule has 1 aliphatic heterocycles. The molecule has 1 aromatic heterocycles. The lowest BCUT2D eigenvalue weighted by atomic mass is 10.1. The summed E-state index contributed by atoms with van der Waals surface area (Å²) in [6.07, 6.45) is 0.428. The number of piperazine rings is 1. The topological polar surface area (TPSA) is 68.4 Å². The fourth-order valence-corrected chi connectivity index (χ4v) is 4.13. The minimum atomic E-state index is -0.328. The van der Waals surface area contributed by atoms with Crippen molar-refractivity contribution in [2.24, 2.45) is 0 Å². The summed E-state index contributed by atoms with van der Waals surface area (Å²) in [5.41, 5.74) is 3.62. The summed E-state index contributed by atoms with van der Waals surface area (Å²) in [6, 6.07) is 14.7. The van der Waals surface area contributed by atoms with E-state index in [9.17, 15) is 14.0 Å². The maximum atomic E-state index is 13.6. The largest absolute Gasteiger partial charge is 0.368 e. The molecule has 1 aliphatic rings. The van der Waals surface area contributed by atoms with E-state index in [0.29, 0.717) is 19.6 Å². The molecule has 31 heavy (non-hydrogen) atoms. The normalized spacial score (nSPS) is 14.1. The van der Waals surface area contributed by atoms with Crippen LogP contribution in [0, 0.1) is 12.7 Å². The predicted molar refractivity (Wildman–Crippen MR) is 120 cm³/mol. The zero-order valence-corrected chi connectivity index (χ0v) is 17.7. The molecular formula is C24H27FN4O2. The highest BCUT2D eigenvalue weighted by molar-refractivity contribution is 5.90. The Bertz CT molecular complexity index is 1070. The van der Waals surface area contributed by atoms with Crippen LogP contribution in [0.4, 0.5) is 10.1 Å². The van der Waals surface area contributed by atoms with Gasteiger partial charge >= 0.3 is 0 Å². The number of halogens is 1. The number of hydrogen-bond donors (Lipinski definition) is 2. The summed E-state index contributed by atoms with van der Waals surface area (Å²) < 4.78 is 13.6. The van der Waals surface area contributed by atoms with Crippen LogP contribution in [0.2, 0.25) is 0 Å². The van der Waals surface area contributed by atoms with Crippen molar-refractivity contribution in [1.82, 2.24) is 15.2 Å². The van der Waals surface area contributed by atoms with Gasteiger partial charge in [0, 0.05) is 61.4 Å². The van der Waals surface area contributed by atoms with Gasteiger partial charge in [0.2, 0.25) is 11.8 Å². The molecule has 1 fully saturated rings. The maximum Gasteiger partial charge on any atom is 0.224 e. The summed E-state index contributed by atoms with van der Waals surface area (Å²) in [5, 5.41) is 3.55. The van der Waals surface area contributed by atoms with E-state index in [1.54, 1.807) is 6.07 Å². The van der Waals surface area contributed by atoms with Crippen LogP contribution in [0.15, 0.2) is 48.5 Å². The van der Waals surface area contributed by atoms with Gasteiger partial charge in [0.25, 0.3) is 0 Å². The molecule has 7 heteroatoms. The molecule has 1 saturated heterocycles. The molecule has 2 amide bonds. The van der Waals surface area contributed by atoms with E-state index in [1.165, 1.54) is 17.8 Å². The lowest BCUT2D eigenvalue weighted by molar-refractivity contribution is -0.131. The van der Waals surface area contributed by atoms with Crippen molar-refractivity contribution < 1.29 is 14.0 Å². The molecule has 162 valence electrons. The summed E-state index contributed by atoms with van der Waals surface area (Å²) in [5.74, 6) is -0.445. The van der Waals surface area contributed by atoms with E-state index in [0.717, 1.165) is 35.2 Å². The Morgan fingerprint density at radius 3 is 2.55 bits per heavy atom. The van der Waals surface area contributed by atoms with Crippen LogP contribution in [0.25, 0.3) is 10.9 Å². The van der Waals surface area contributed by atoms with Gasteiger partial charge in [-0.2, -0.15) is 0 Å². The zero-order valence-electron chi connectivity index (χ0n) is 17.7. The fraction of sp³-hybridized carbons (Fsp3) is 0.333. The highest BCUT2D eigenvalue weighted by Crippen LogP contribution is 2.23. The number of rotatable bonds is 6. The third-order valence-corrected chi connectivity index (χ3v) is 5.83. The van der Waals surface area contributed by atoms with Crippen molar-refractivity contribution in [3.63, 3.8) is 0 Å². The second-order valence-electron chi connectivity index (χ2n) is 7.90. The van der Waals surface area contributed by atoms with Crippen LogP contribution in [0.5, 0.6) is 0 Å². The molecule has 4 rings (SSSR count). The average Bonchev–Trinajstić information content (AvgIpc) is 3.08. The first-order chi connectivity index (χ1) is 15.0. The Hall–Kier alpha value is -3.35. The SMILES string of the molecule is Cc1[nH]c2ccc(F)cc2c1CC(=O)NCCC(=O)N1CCN(c2ccccc2)CC1. The van der Waals surface area contributed by atoms with Crippen LogP contribution in [0.3, 0.4) is 0 Å². The highest BCUT2D eigenvalue weighted by Gasteiger charge is 2.21. The van der Waals surface area contributed by atoms with E-state index < -0.39 is 0 Å². The van der Waals surface area contributed by atoms with Crippen molar-refractivity contribution in [2.75, 3.05) is 37.6 Å². The Morgan fingerprint density at radius 2 is 1.81 bits per heavy atom.